The zero-order valence-electron chi connectivity index (χ0n) is 11.5. The summed E-state index contributed by atoms with van der Waals surface area (Å²) in [5.41, 5.74) is 0.953. The van der Waals surface area contributed by atoms with Crippen LogP contribution < -0.4 is 4.74 Å². The molecule has 0 heterocycles. The number of carbonyl (C=O) groups is 1. The van der Waals surface area contributed by atoms with Crippen molar-refractivity contribution in [3.63, 3.8) is 0 Å². The molecule has 0 aliphatic heterocycles. The van der Waals surface area contributed by atoms with Crippen LogP contribution in [0.1, 0.15) is 12.5 Å². The van der Waals surface area contributed by atoms with E-state index in [0.717, 1.165) is 11.3 Å². The lowest BCUT2D eigenvalue weighted by atomic mass is 10.2. The average molecular weight is 270 g/mol. The fraction of sp³-hybridized carbons (Fsp3) is 0.235. The van der Waals surface area contributed by atoms with Crippen molar-refractivity contribution in [3.8, 4) is 5.75 Å². The van der Waals surface area contributed by atoms with Gasteiger partial charge in [-0.1, -0.05) is 48.5 Å². The van der Waals surface area contributed by atoms with Crippen LogP contribution in [0.5, 0.6) is 5.75 Å². The summed E-state index contributed by atoms with van der Waals surface area (Å²) in [5, 5.41) is 0. The van der Waals surface area contributed by atoms with Crippen LogP contribution in [0, 0.1) is 0 Å². The Bertz CT molecular complexity index is 522. The summed E-state index contributed by atoms with van der Waals surface area (Å²) in [4.78, 5) is 11.7. The number of hydrogen-bond acceptors (Lipinski definition) is 3. The van der Waals surface area contributed by atoms with E-state index in [1.54, 1.807) is 0 Å². The zero-order valence-corrected chi connectivity index (χ0v) is 11.5. The molecule has 0 radical (unpaired) electrons. The Kier molecular flexibility index (Phi) is 5.18. The molecule has 0 saturated carbocycles. The van der Waals surface area contributed by atoms with Crippen molar-refractivity contribution in [2.24, 2.45) is 0 Å². The molecule has 104 valence electrons. The van der Waals surface area contributed by atoms with Crippen molar-refractivity contribution >= 4 is 5.97 Å². The summed E-state index contributed by atoms with van der Waals surface area (Å²) in [6, 6.07) is 19.0. The standard InChI is InChI=1S/C17H18O3/c1-14(20-16-10-6-3-7-11-16)13-19-17(18)12-15-8-4-2-5-9-15/h2-11,14H,12-13H2,1H3. The third-order valence-electron chi connectivity index (χ3n) is 2.75. The predicted octanol–water partition coefficient (Wildman–Crippen LogP) is 3.24. The maximum atomic E-state index is 11.7. The molecule has 2 rings (SSSR count). The Morgan fingerprint density at radius 1 is 1.00 bits per heavy atom. The van der Waals surface area contributed by atoms with Gasteiger partial charge in [-0.25, -0.2) is 0 Å². The van der Waals surface area contributed by atoms with Crippen molar-refractivity contribution in [1.82, 2.24) is 0 Å². The largest absolute Gasteiger partial charge is 0.487 e. The fourth-order valence-electron chi connectivity index (χ4n) is 1.79. The van der Waals surface area contributed by atoms with Gasteiger partial charge >= 0.3 is 5.97 Å². The van der Waals surface area contributed by atoms with Crippen molar-refractivity contribution in [2.75, 3.05) is 6.61 Å². The van der Waals surface area contributed by atoms with E-state index in [1.807, 2.05) is 67.6 Å². The Labute approximate surface area is 119 Å². The van der Waals surface area contributed by atoms with Crippen LogP contribution >= 0.6 is 0 Å². The van der Waals surface area contributed by atoms with Gasteiger partial charge in [0.1, 0.15) is 18.5 Å². The fourth-order valence-corrected chi connectivity index (χ4v) is 1.79. The molecular weight excluding hydrogens is 252 g/mol. The molecule has 0 N–H and O–H groups in total. The molecule has 0 saturated heterocycles. The number of rotatable bonds is 6. The van der Waals surface area contributed by atoms with Gasteiger partial charge in [0.2, 0.25) is 0 Å². The van der Waals surface area contributed by atoms with E-state index in [4.69, 9.17) is 9.47 Å². The highest BCUT2D eigenvalue weighted by Gasteiger charge is 2.09. The molecule has 20 heavy (non-hydrogen) atoms. The van der Waals surface area contributed by atoms with Gasteiger partial charge in [0.05, 0.1) is 6.42 Å². The zero-order chi connectivity index (χ0) is 14.2. The minimum atomic E-state index is -0.236. The third-order valence-corrected chi connectivity index (χ3v) is 2.75. The second kappa shape index (κ2) is 7.34. The maximum absolute atomic E-state index is 11.7. The van der Waals surface area contributed by atoms with Crippen LogP contribution in [0.25, 0.3) is 0 Å². The summed E-state index contributed by atoms with van der Waals surface area (Å²) in [7, 11) is 0. The minimum Gasteiger partial charge on any atom is -0.487 e. The van der Waals surface area contributed by atoms with Crippen LogP contribution in [0.2, 0.25) is 0 Å². The number of carbonyl (C=O) groups excluding carboxylic acids is 1. The molecule has 0 amide bonds. The lowest BCUT2D eigenvalue weighted by molar-refractivity contribution is -0.145. The monoisotopic (exact) mass is 270 g/mol. The van der Waals surface area contributed by atoms with Gasteiger partial charge < -0.3 is 9.47 Å². The van der Waals surface area contributed by atoms with Gasteiger partial charge in [-0.05, 0) is 24.6 Å². The van der Waals surface area contributed by atoms with Gasteiger partial charge in [-0.2, -0.15) is 0 Å². The topological polar surface area (TPSA) is 35.5 Å². The predicted molar refractivity (Wildman–Crippen MR) is 77.6 cm³/mol. The van der Waals surface area contributed by atoms with E-state index >= 15 is 0 Å². The maximum Gasteiger partial charge on any atom is 0.310 e. The summed E-state index contributed by atoms with van der Waals surface area (Å²) in [5.74, 6) is 0.541. The first-order chi connectivity index (χ1) is 9.74. The highest BCUT2D eigenvalue weighted by molar-refractivity contribution is 5.72. The van der Waals surface area contributed by atoms with E-state index < -0.39 is 0 Å². The van der Waals surface area contributed by atoms with Gasteiger partial charge in [-0.15, -0.1) is 0 Å². The Hall–Kier alpha value is -2.29. The highest BCUT2D eigenvalue weighted by Crippen LogP contribution is 2.11. The summed E-state index contributed by atoms with van der Waals surface area (Å²) in [6.07, 6.45) is 0.121. The number of hydrogen-bond donors (Lipinski definition) is 0. The molecule has 0 aliphatic carbocycles. The number of para-hydroxylation sites is 1. The van der Waals surface area contributed by atoms with Crippen LogP contribution in [0.4, 0.5) is 0 Å². The molecule has 3 nitrogen and oxygen atoms in total. The van der Waals surface area contributed by atoms with E-state index in [-0.39, 0.29) is 18.7 Å². The molecule has 2 aromatic rings. The highest BCUT2D eigenvalue weighted by atomic mass is 16.6. The second-order valence-electron chi connectivity index (χ2n) is 4.59. The smallest absolute Gasteiger partial charge is 0.310 e. The van der Waals surface area contributed by atoms with Gasteiger partial charge in [-0.3, -0.25) is 4.79 Å². The lowest BCUT2D eigenvalue weighted by Crippen LogP contribution is -2.22. The first kappa shape index (κ1) is 14.1. The molecule has 0 bridgehead atoms. The molecule has 0 aromatic heterocycles. The third kappa shape index (κ3) is 4.76. The van der Waals surface area contributed by atoms with Gasteiger partial charge in [0, 0.05) is 0 Å². The normalized spacial score (nSPS) is 11.7. The van der Waals surface area contributed by atoms with Crippen molar-refractivity contribution in [3.05, 3.63) is 66.2 Å². The van der Waals surface area contributed by atoms with Crippen LogP contribution in [0.3, 0.4) is 0 Å². The van der Waals surface area contributed by atoms with Crippen molar-refractivity contribution < 1.29 is 14.3 Å². The molecule has 2 aromatic carbocycles. The summed E-state index contributed by atoms with van der Waals surface area (Å²) >= 11 is 0. The number of benzene rings is 2. The summed E-state index contributed by atoms with van der Waals surface area (Å²) in [6.45, 7) is 2.13. The molecule has 3 heteroatoms. The molecular formula is C17H18O3. The van der Waals surface area contributed by atoms with Crippen molar-refractivity contribution in [1.29, 1.82) is 0 Å². The second-order valence-corrected chi connectivity index (χ2v) is 4.59. The SMILES string of the molecule is CC(COC(=O)Cc1ccccc1)Oc1ccccc1. The molecule has 0 aliphatic rings. The Morgan fingerprint density at radius 3 is 2.25 bits per heavy atom. The Morgan fingerprint density at radius 2 is 1.60 bits per heavy atom. The van der Waals surface area contributed by atoms with Crippen LogP contribution in [0.15, 0.2) is 60.7 Å². The van der Waals surface area contributed by atoms with Crippen LogP contribution in [-0.4, -0.2) is 18.7 Å². The number of ether oxygens (including phenoxy) is 2. The summed E-state index contributed by atoms with van der Waals surface area (Å²) < 4.78 is 10.9. The number of esters is 1. The molecule has 0 fully saturated rings. The molecule has 0 spiro atoms. The minimum absolute atomic E-state index is 0.169. The van der Waals surface area contributed by atoms with Gasteiger partial charge in [0.25, 0.3) is 0 Å². The average Bonchev–Trinajstić information content (AvgIpc) is 2.47. The van der Waals surface area contributed by atoms with E-state index in [1.165, 1.54) is 0 Å². The Balaban J connectivity index is 1.73. The van der Waals surface area contributed by atoms with E-state index in [9.17, 15) is 4.79 Å². The molecule has 1 atom stereocenters. The first-order valence-electron chi connectivity index (χ1n) is 6.65. The lowest BCUT2D eigenvalue weighted by Gasteiger charge is -2.14. The van der Waals surface area contributed by atoms with Crippen molar-refractivity contribution in [2.45, 2.75) is 19.4 Å². The van der Waals surface area contributed by atoms with Gasteiger partial charge in [0.15, 0.2) is 0 Å². The first-order valence-corrected chi connectivity index (χ1v) is 6.65. The van der Waals surface area contributed by atoms with Crippen LogP contribution in [-0.2, 0) is 16.0 Å². The van der Waals surface area contributed by atoms with E-state index in [2.05, 4.69) is 0 Å². The molecule has 1 unspecified atom stereocenters. The van der Waals surface area contributed by atoms with E-state index in [0.29, 0.717) is 6.42 Å². The quantitative estimate of drug-likeness (QED) is 0.756.